The second-order valence-electron chi connectivity index (χ2n) is 6.85. The Bertz CT molecular complexity index is 982. The van der Waals surface area contributed by atoms with Gasteiger partial charge in [0.25, 0.3) is 5.56 Å². The predicted octanol–water partition coefficient (Wildman–Crippen LogP) is 2.10. The number of thiophene rings is 1. The maximum absolute atomic E-state index is 12.5. The van der Waals surface area contributed by atoms with Crippen molar-refractivity contribution in [2.24, 2.45) is 0 Å². The fourth-order valence-electron chi connectivity index (χ4n) is 3.60. The van der Waals surface area contributed by atoms with E-state index in [1.165, 1.54) is 11.3 Å². The number of carbonyl (C=O) groups is 2. The number of thioether (sulfide) groups is 1. The van der Waals surface area contributed by atoms with E-state index >= 15 is 0 Å². The molecule has 2 fully saturated rings. The summed E-state index contributed by atoms with van der Waals surface area (Å²) in [6.45, 7) is 5.72. The molecule has 2 saturated heterocycles. The van der Waals surface area contributed by atoms with E-state index in [1.54, 1.807) is 16.7 Å². The van der Waals surface area contributed by atoms with Gasteiger partial charge in [0.05, 0.1) is 10.3 Å². The SMILES string of the molecule is Cc1sc2nc(COC(=O)[C@H]3CS[C@@]4(C)CCC(=O)N34)[nH]c(=O)c2c1C. The number of nitrogens with zero attached hydrogens (tertiary/aromatic N) is 2. The van der Waals surface area contributed by atoms with Crippen LogP contribution in [0.2, 0.25) is 0 Å². The summed E-state index contributed by atoms with van der Waals surface area (Å²) < 4.78 is 5.38. The van der Waals surface area contributed by atoms with Crippen LogP contribution in [0.1, 0.15) is 36.0 Å². The van der Waals surface area contributed by atoms with Crippen molar-refractivity contribution in [3.8, 4) is 0 Å². The van der Waals surface area contributed by atoms with Gasteiger partial charge in [0.15, 0.2) is 0 Å². The minimum Gasteiger partial charge on any atom is -0.456 e. The lowest BCUT2D eigenvalue weighted by molar-refractivity contribution is -0.154. The molecule has 0 radical (unpaired) electrons. The number of hydrogen-bond acceptors (Lipinski definition) is 7. The molecule has 1 N–H and O–H groups in total. The van der Waals surface area contributed by atoms with Crippen molar-refractivity contribution in [1.29, 1.82) is 0 Å². The molecule has 0 bridgehead atoms. The molecule has 2 atom stereocenters. The minimum absolute atomic E-state index is 0.00284. The third-order valence-corrected chi connectivity index (χ3v) is 7.76. The topological polar surface area (TPSA) is 92.4 Å². The van der Waals surface area contributed by atoms with Crippen LogP contribution in [0.4, 0.5) is 0 Å². The van der Waals surface area contributed by atoms with E-state index in [0.717, 1.165) is 16.9 Å². The van der Waals surface area contributed by atoms with Crippen LogP contribution in [0.15, 0.2) is 4.79 Å². The first-order chi connectivity index (χ1) is 12.3. The Balaban J connectivity index is 1.51. The molecule has 2 aliphatic rings. The van der Waals surface area contributed by atoms with E-state index in [9.17, 15) is 14.4 Å². The third kappa shape index (κ3) is 2.64. The summed E-state index contributed by atoms with van der Waals surface area (Å²) in [7, 11) is 0. The average Bonchev–Trinajstić information content (AvgIpc) is 3.18. The van der Waals surface area contributed by atoms with Gasteiger partial charge >= 0.3 is 5.97 Å². The first-order valence-corrected chi connectivity index (χ1v) is 10.2. The molecular formula is C17H19N3O4S2. The maximum atomic E-state index is 12.5. The largest absolute Gasteiger partial charge is 0.456 e. The Morgan fingerprint density at radius 1 is 1.42 bits per heavy atom. The van der Waals surface area contributed by atoms with Crippen LogP contribution < -0.4 is 5.56 Å². The zero-order valence-electron chi connectivity index (χ0n) is 14.7. The summed E-state index contributed by atoms with van der Waals surface area (Å²) in [5.41, 5.74) is 0.707. The normalized spacial score (nSPS) is 25.1. The summed E-state index contributed by atoms with van der Waals surface area (Å²) >= 11 is 3.07. The van der Waals surface area contributed by atoms with Crippen LogP contribution in [-0.2, 0) is 20.9 Å². The summed E-state index contributed by atoms with van der Waals surface area (Å²) in [6.07, 6.45) is 1.22. The minimum atomic E-state index is -0.568. The van der Waals surface area contributed by atoms with Crippen molar-refractivity contribution >= 4 is 45.2 Å². The lowest BCUT2D eigenvalue weighted by atomic mass is 10.2. The standard InChI is InChI=1S/C17H19N3O4S2/c1-8-9(2)26-15-13(8)14(22)18-11(19-15)6-24-16(23)10-7-25-17(3)5-4-12(21)20(10)17/h10H,4-7H2,1-3H3,(H,18,19,22)/t10-,17+/m1/s1. The van der Waals surface area contributed by atoms with Gasteiger partial charge in [-0.2, -0.15) is 0 Å². The van der Waals surface area contributed by atoms with E-state index in [0.29, 0.717) is 28.2 Å². The second kappa shape index (κ2) is 6.09. The molecule has 2 aromatic rings. The smallest absolute Gasteiger partial charge is 0.330 e. The molecule has 1 amide bonds. The van der Waals surface area contributed by atoms with Gasteiger partial charge in [-0.1, -0.05) is 0 Å². The van der Waals surface area contributed by atoms with Crippen molar-refractivity contribution in [3.63, 3.8) is 0 Å². The molecule has 138 valence electrons. The zero-order chi connectivity index (χ0) is 18.6. The number of esters is 1. The molecule has 26 heavy (non-hydrogen) atoms. The highest BCUT2D eigenvalue weighted by Crippen LogP contribution is 2.47. The second-order valence-corrected chi connectivity index (χ2v) is 9.55. The van der Waals surface area contributed by atoms with Gasteiger partial charge in [0, 0.05) is 17.1 Å². The Morgan fingerprint density at radius 2 is 2.19 bits per heavy atom. The highest BCUT2D eigenvalue weighted by atomic mass is 32.2. The van der Waals surface area contributed by atoms with Crippen molar-refractivity contribution < 1.29 is 14.3 Å². The van der Waals surface area contributed by atoms with Gasteiger partial charge < -0.3 is 14.6 Å². The van der Waals surface area contributed by atoms with Gasteiger partial charge in [-0.25, -0.2) is 9.78 Å². The fraction of sp³-hybridized carbons (Fsp3) is 0.529. The Morgan fingerprint density at radius 3 is 2.96 bits per heavy atom. The molecule has 4 heterocycles. The average molecular weight is 393 g/mol. The monoisotopic (exact) mass is 393 g/mol. The molecular weight excluding hydrogens is 374 g/mol. The van der Waals surface area contributed by atoms with Crippen LogP contribution in [-0.4, -0.2) is 43.4 Å². The number of fused-ring (bicyclic) bond motifs is 2. The fourth-order valence-corrected chi connectivity index (χ4v) is 6.06. The van der Waals surface area contributed by atoms with E-state index in [1.807, 2.05) is 20.8 Å². The quantitative estimate of drug-likeness (QED) is 0.803. The van der Waals surface area contributed by atoms with Gasteiger partial charge in [-0.05, 0) is 32.8 Å². The van der Waals surface area contributed by atoms with Crippen molar-refractivity contribution in [2.75, 3.05) is 5.75 Å². The van der Waals surface area contributed by atoms with E-state index in [-0.39, 0.29) is 22.9 Å². The summed E-state index contributed by atoms with van der Waals surface area (Å²) in [5.74, 6) is 0.404. The molecule has 2 aromatic heterocycles. The summed E-state index contributed by atoms with van der Waals surface area (Å²) in [4.78, 5) is 47.1. The lowest BCUT2D eigenvalue weighted by Crippen LogP contribution is -2.46. The number of ether oxygens (including phenoxy) is 1. The van der Waals surface area contributed by atoms with Crippen LogP contribution in [0.5, 0.6) is 0 Å². The lowest BCUT2D eigenvalue weighted by Gasteiger charge is -2.29. The van der Waals surface area contributed by atoms with Crippen LogP contribution >= 0.6 is 23.1 Å². The number of aromatic amines is 1. The van der Waals surface area contributed by atoms with Crippen molar-refractivity contribution in [1.82, 2.24) is 14.9 Å². The molecule has 2 aliphatic heterocycles. The number of aromatic nitrogens is 2. The predicted molar refractivity (Wildman–Crippen MR) is 100 cm³/mol. The highest BCUT2D eigenvalue weighted by molar-refractivity contribution is 8.01. The van der Waals surface area contributed by atoms with Crippen LogP contribution in [0, 0.1) is 13.8 Å². The summed E-state index contributed by atoms with van der Waals surface area (Å²) in [6, 6.07) is -0.568. The highest BCUT2D eigenvalue weighted by Gasteiger charge is 2.53. The number of aryl methyl sites for hydroxylation is 2. The Labute approximate surface area is 158 Å². The Hall–Kier alpha value is -1.87. The van der Waals surface area contributed by atoms with Crippen molar-refractivity contribution in [2.45, 2.75) is 51.1 Å². The van der Waals surface area contributed by atoms with Gasteiger partial charge in [-0.15, -0.1) is 23.1 Å². The van der Waals surface area contributed by atoms with Gasteiger partial charge in [0.2, 0.25) is 5.91 Å². The first kappa shape index (κ1) is 17.5. The molecule has 9 heteroatoms. The van der Waals surface area contributed by atoms with E-state index < -0.39 is 12.0 Å². The van der Waals surface area contributed by atoms with E-state index in [4.69, 9.17) is 4.74 Å². The maximum Gasteiger partial charge on any atom is 0.330 e. The molecule has 0 unspecified atom stereocenters. The zero-order valence-corrected chi connectivity index (χ0v) is 16.4. The number of rotatable bonds is 3. The molecule has 0 spiro atoms. The van der Waals surface area contributed by atoms with Crippen LogP contribution in [0.25, 0.3) is 10.2 Å². The van der Waals surface area contributed by atoms with Crippen molar-refractivity contribution in [3.05, 3.63) is 26.6 Å². The first-order valence-electron chi connectivity index (χ1n) is 8.42. The number of hydrogen-bond donors (Lipinski definition) is 1. The van der Waals surface area contributed by atoms with Crippen LogP contribution in [0.3, 0.4) is 0 Å². The molecule has 4 rings (SSSR count). The molecule has 7 nitrogen and oxygen atoms in total. The Kier molecular flexibility index (Phi) is 4.11. The number of carbonyl (C=O) groups excluding carboxylic acids is 2. The molecule has 0 aromatic carbocycles. The molecule has 0 saturated carbocycles. The summed E-state index contributed by atoms with van der Waals surface area (Å²) in [5, 5.41) is 0.591. The van der Waals surface area contributed by atoms with E-state index in [2.05, 4.69) is 9.97 Å². The van der Waals surface area contributed by atoms with Gasteiger partial charge in [0.1, 0.15) is 23.3 Å². The molecule has 0 aliphatic carbocycles. The number of H-pyrrole nitrogens is 1. The van der Waals surface area contributed by atoms with Gasteiger partial charge in [-0.3, -0.25) is 9.59 Å². The number of nitrogens with one attached hydrogen (secondary N) is 1. The third-order valence-electron chi connectivity index (χ3n) is 5.16. The number of amides is 1.